The zero-order valence-electron chi connectivity index (χ0n) is 9.42. The molecule has 1 aromatic rings. The van der Waals surface area contributed by atoms with Crippen molar-refractivity contribution in [2.45, 2.75) is 11.3 Å². The van der Waals surface area contributed by atoms with Gasteiger partial charge in [-0.05, 0) is 24.3 Å². The third kappa shape index (κ3) is 2.44. The molecule has 0 radical (unpaired) electrons. The molecule has 1 fully saturated rings. The van der Waals surface area contributed by atoms with Crippen LogP contribution in [0.1, 0.15) is 6.42 Å². The van der Waals surface area contributed by atoms with Crippen molar-refractivity contribution in [2.24, 2.45) is 5.92 Å². The molecule has 0 saturated carbocycles. The minimum absolute atomic E-state index is 0.0488. The first kappa shape index (κ1) is 12.0. The van der Waals surface area contributed by atoms with Crippen LogP contribution in [0.4, 0.5) is 5.69 Å². The van der Waals surface area contributed by atoms with Crippen molar-refractivity contribution < 1.29 is 14.3 Å². The second-order valence-corrected chi connectivity index (χ2v) is 4.46. The molecule has 1 saturated heterocycles. The molecule has 0 N–H and O–H groups in total. The Kier molecular flexibility index (Phi) is 3.38. The summed E-state index contributed by atoms with van der Waals surface area (Å²) in [7, 11) is 1.34. The highest BCUT2D eigenvalue weighted by Crippen LogP contribution is 2.26. The molecule has 0 aromatic heterocycles. The third-order valence-electron chi connectivity index (χ3n) is 2.82. The number of nitrogens with zero attached hydrogens (tertiary/aromatic N) is 1. The van der Waals surface area contributed by atoms with E-state index in [4.69, 9.17) is 0 Å². The molecule has 17 heavy (non-hydrogen) atoms. The highest BCUT2D eigenvalue weighted by Gasteiger charge is 2.35. The first-order valence-electron chi connectivity index (χ1n) is 5.29. The number of thiol groups is 1. The van der Waals surface area contributed by atoms with Crippen LogP contribution >= 0.6 is 12.6 Å². The monoisotopic (exact) mass is 251 g/mol. The molecule has 0 bridgehead atoms. The number of benzene rings is 1. The Bertz CT molecular complexity index is 444. The van der Waals surface area contributed by atoms with Crippen LogP contribution in [0.5, 0.6) is 0 Å². The Hall–Kier alpha value is -1.49. The number of anilines is 1. The predicted molar refractivity (Wildman–Crippen MR) is 66.2 cm³/mol. The molecule has 0 aliphatic carbocycles. The summed E-state index contributed by atoms with van der Waals surface area (Å²) in [5, 5.41) is 0. The minimum atomic E-state index is -0.358. The van der Waals surface area contributed by atoms with E-state index in [2.05, 4.69) is 17.4 Å². The van der Waals surface area contributed by atoms with E-state index in [0.29, 0.717) is 6.54 Å². The molecular formula is C12H13NO3S. The number of hydrogen-bond donors (Lipinski definition) is 1. The zero-order valence-corrected chi connectivity index (χ0v) is 10.3. The van der Waals surface area contributed by atoms with Crippen molar-refractivity contribution in [1.82, 2.24) is 0 Å². The molecule has 1 aromatic carbocycles. The fourth-order valence-electron chi connectivity index (χ4n) is 1.91. The lowest BCUT2D eigenvalue weighted by atomic mass is 10.1. The van der Waals surface area contributed by atoms with E-state index in [0.717, 1.165) is 10.6 Å². The standard InChI is InChI=1S/C12H13NO3S/c1-16-12(15)8-6-11(14)13(7-8)9-2-4-10(17)5-3-9/h2-5,8,17H,6-7H2,1H3. The normalized spacial score (nSPS) is 19.5. The minimum Gasteiger partial charge on any atom is -0.469 e. The lowest BCUT2D eigenvalue weighted by Crippen LogP contribution is -2.26. The Balaban J connectivity index is 2.15. The maximum Gasteiger partial charge on any atom is 0.311 e. The molecule has 90 valence electrons. The van der Waals surface area contributed by atoms with Gasteiger partial charge in [0.05, 0.1) is 13.0 Å². The van der Waals surface area contributed by atoms with Gasteiger partial charge < -0.3 is 9.64 Å². The van der Waals surface area contributed by atoms with Gasteiger partial charge in [0, 0.05) is 23.5 Å². The van der Waals surface area contributed by atoms with E-state index < -0.39 is 0 Å². The van der Waals surface area contributed by atoms with Gasteiger partial charge in [-0.3, -0.25) is 9.59 Å². The topological polar surface area (TPSA) is 46.6 Å². The van der Waals surface area contributed by atoms with Gasteiger partial charge in [-0.2, -0.15) is 0 Å². The van der Waals surface area contributed by atoms with Gasteiger partial charge in [-0.25, -0.2) is 0 Å². The summed E-state index contributed by atoms with van der Waals surface area (Å²) in [5.74, 6) is -0.734. The number of esters is 1. The molecule has 1 amide bonds. The van der Waals surface area contributed by atoms with Crippen LogP contribution in [0.2, 0.25) is 0 Å². The van der Waals surface area contributed by atoms with Crippen LogP contribution in [0.25, 0.3) is 0 Å². The Labute approximate surface area is 105 Å². The summed E-state index contributed by atoms with van der Waals surface area (Å²) in [6, 6.07) is 7.27. The van der Waals surface area contributed by atoms with Crippen LogP contribution in [-0.2, 0) is 14.3 Å². The SMILES string of the molecule is COC(=O)C1CC(=O)N(c2ccc(S)cc2)C1. The fraction of sp³-hybridized carbons (Fsp3) is 0.333. The number of methoxy groups -OCH3 is 1. The van der Waals surface area contributed by atoms with E-state index >= 15 is 0 Å². The molecule has 1 aliphatic rings. The number of ether oxygens (including phenoxy) is 1. The average Bonchev–Trinajstić information content (AvgIpc) is 2.71. The second-order valence-electron chi connectivity index (χ2n) is 3.94. The molecular weight excluding hydrogens is 238 g/mol. The number of carbonyl (C=O) groups excluding carboxylic acids is 2. The number of amides is 1. The molecule has 1 unspecified atom stereocenters. The highest BCUT2D eigenvalue weighted by molar-refractivity contribution is 7.80. The molecule has 1 aliphatic heterocycles. The molecule has 0 spiro atoms. The summed E-state index contributed by atoms with van der Waals surface area (Å²) < 4.78 is 4.66. The predicted octanol–water partition coefficient (Wildman–Crippen LogP) is 1.50. The van der Waals surface area contributed by atoms with Crippen molar-refractivity contribution >= 4 is 30.2 Å². The molecule has 1 heterocycles. The lowest BCUT2D eigenvalue weighted by Gasteiger charge is -2.16. The third-order valence-corrected chi connectivity index (χ3v) is 3.12. The Morgan fingerprint density at radius 1 is 1.41 bits per heavy atom. The summed E-state index contributed by atoms with van der Waals surface area (Å²) in [4.78, 5) is 25.6. The van der Waals surface area contributed by atoms with Crippen LogP contribution in [0.3, 0.4) is 0 Å². The van der Waals surface area contributed by atoms with Crippen molar-refractivity contribution in [3.05, 3.63) is 24.3 Å². The van der Waals surface area contributed by atoms with E-state index in [1.54, 1.807) is 4.90 Å². The van der Waals surface area contributed by atoms with Crippen molar-refractivity contribution in [3.63, 3.8) is 0 Å². The summed E-state index contributed by atoms with van der Waals surface area (Å²) in [6.07, 6.45) is 0.218. The maximum atomic E-state index is 11.8. The van der Waals surface area contributed by atoms with Crippen LogP contribution in [0, 0.1) is 5.92 Å². The molecule has 1 atom stereocenters. The van der Waals surface area contributed by atoms with E-state index in [9.17, 15) is 9.59 Å². The van der Waals surface area contributed by atoms with Crippen molar-refractivity contribution in [3.8, 4) is 0 Å². The van der Waals surface area contributed by atoms with Crippen LogP contribution in [-0.4, -0.2) is 25.5 Å². The summed E-state index contributed by atoms with van der Waals surface area (Å²) in [5.41, 5.74) is 0.791. The van der Waals surface area contributed by atoms with Gasteiger partial charge in [-0.15, -0.1) is 12.6 Å². The number of carbonyl (C=O) groups is 2. The highest BCUT2D eigenvalue weighted by atomic mass is 32.1. The van der Waals surface area contributed by atoms with Gasteiger partial charge in [0.1, 0.15) is 0 Å². The average molecular weight is 251 g/mol. The largest absolute Gasteiger partial charge is 0.469 e. The van der Waals surface area contributed by atoms with Crippen molar-refractivity contribution in [2.75, 3.05) is 18.6 Å². The number of rotatable bonds is 2. The Morgan fingerprint density at radius 3 is 2.65 bits per heavy atom. The maximum absolute atomic E-state index is 11.8. The first-order chi connectivity index (χ1) is 8.11. The van der Waals surface area contributed by atoms with Gasteiger partial charge in [0.25, 0.3) is 0 Å². The van der Waals surface area contributed by atoms with Crippen LogP contribution < -0.4 is 4.90 Å². The fourth-order valence-corrected chi connectivity index (χ4v) is 2.06. The summed E-state index contributed by atoms with van der Waals surface area (Å²) in [6.45, 7) is 0.386. The van der Waals surface area contributed by atoms with Crippen LogP contribution in [0.15, 0.2) is 29.2 Å². The van der Waals surface area contributed by atoms with Crippen molar-refractivity contribution in [1.29, 1.82) is 0 Å². The number of hydrogen-bond acceptors (Lipinski definition) is 4. The zero-order chi connectivity index (χ0) is 12.4. The van der Waals surface area contributed by atoms with Gasteiger partial charge in [-0.1, -0.05) is 0 Å². The smallest absolute Gasteiger partial charge is 0.311 e. The van der Waals surface area contributed by atoms with Gasteiger partial charge in [0.15, 0.2) is 0 Å². The Morgan fingerprint density at radius 2 is 2.06 bits per heavy atom. The molecule has 2 rings (SSSR count). The summed E-state index contributed by atoms with van der Waals surface area (Å²) >= 11 is 4.18. The second kappa shape index (κ2) is 4.79. The quantitative estimate of drug-likeness (QED) is 0.640. The van der Waals surface area contributed by atoms with E-state index in [1.165, 1.54) is 7.11 Å². The van der Waals surface area contributed by atoms with Gasteiger partial charge >= 0.3 is 5.97 Å². The van der Waals surface area contributed by atoms with E-state index in [1.807, 2.05) is 24.3 Å². The molecule has 5 heteroatoms. The molecule has 4 nitrogen and oxygen atoms in total. The van der Waals surface area contributed by atoms with Gasteiger partial charge in [0.2, 0.25) is 5.91 Å². The lowest BCUT2D eigenvalue weighted by molar-refractivity contribution is -0.145. The van der Waals surface area contributed by atoms with E-state index in [-0.39, 0.29) is 24.2 Å². The first-order valence-corrected chi connectivity index (χ1v) is 5.73.